The maximum atomic E-state index is 13.7. The maximum Gasteiger partial charge on any atom is 0.166 e. The number of ether oxygens (including phenoxy) is 1. The molecule has 0 saturated heterocycles. The topological polar surface area (TPSA) is 35.2 Å². The highest BCUT2D eigenvalue weighted by molar-refractivity contribution is 5.38. The predicted molar refractivity (Wildman–Crippen MR) is 65.5 cm³/mol. The van der Waals surface area contributed by atoms with Crippen LogP contribution < -0.4 is 10.5 Å². The first-order valence-corrected chi connectivity index (χ1v) is 5.42. The van der Waals surface area contributed by atoms with Crippen molar-refractivity contribution in [2.24, 2.45) is 5.73 Å². The zero-order valence-electron chi connectivity index (χ0n) is 9.61. The maximum absolute atomic E-state index is 13.7. The summed E-state index contributed by atoms with van der Waals surface area (Å²) < 4.78 is 19.2. The van der Waals surface area contributed by atoms with E-state index in [0.717, 1.165) is 11.1 Å². The van der Waals surface area contributed by atoms with Crippen molar-refractivity contribution in [2.75, 3.05) is 0 Å². The second kappa shape index (κ2) is 4.97. The molecule has 0 aromatic heterocycles. The van der Waals surface area contributed by atoms with Crippen LogP contribution in [-0.2, 0) is 6.54 Å². The Morgan fingerprint density at radius 2 is 1.88 bits per heavy atom. The van der Waals surface area contributed by atoms with Gasteiger partial charge in [-0.1, -0.05) is 24.3 Å². The van der Waals surface area contributed by atoms with Crippen LogP contribution in [0.2, 0.25) is 0 Å². The molecule has 2 aromatic rings. The van der Waals surface area contributed by atoms with Crippen molar-refractivity contribution in [3.05, 3.63) is 59.4 Å². The molecule has 2 N–H and O–H groups in total. The van der Waals surface area contributed by atoms with E-state index in [2.05, 4.69) is 0 Å². The van der Waals surface area contributed by atoms with Crippen LogP contribution in [0.25, 0.3) is 0 Å². The van der Waals surface area contributed by atoms with Crippen molar-refractivity contribution in [2.45, 2.75) is 13.5 Å². The summed E-state index contributed by atoms with van der Waals surface area (Å²) in [5.41, 5.74) is 7.16. The van der Waals surface area contributed by atoms with Crippen molar-refractivity contribution >= 4 is 0 Å². The van der Waals surface area contributed by atoms with Gasteiger partial charge in [0.05, 0.1) is 0 Å². The van der Waals surface area contributed by atoms with Gasteiger partial charge in [-0.2, -0.15) is 0 Å². The molecule has 2 rings (SSSR count). The summed E-state index contributed by atoms with van der Waals surface area (Å²) in [7, 11) is 0. The van der Waals surface area contributed by atoms with Gasteiger partial charge in [-0.15, -0.1) is 0 Å². The molecule has 3 heteroatoms. The third-order valence-electron chi connectivity index (χ3n) is 2.55. The molecule has 0 aliphatic rings. The van der Waals surface area contributed by atoms with Crippen LogP contribution in [0.15, 0.2) is 42.5 Å². The van der Waals surface area contributed by atoms with Crippen LogP contribution >= 0.6 is 0 Å². The summed E-state index contributed by atoms with van der Waals surface area (Å²) in [5, 5.41) is 0. The zero-order chi connectivity index (χ0) is 12.3. The molecule has 0 spiro atoms. The van der Waals surface area contributed by atoms with Crippen LogP contribution in [0.5, 0.6) is 11.5 Å². The van der Waals surface area contributed by atoms with Gasteiger partial charge in [0, 0.05) is 6.54 Å². The summed E-state index contributed by atoms with van der Waals surface area (Å²) in [6.45, 7) is 2.24. The average Bonchev–Trinajstić information content (AvgIpc) is 2.34. The number of hydrogen-bond acceptors (Lipinski definition) is 2. The molecule has 0 unspecified atom stereocenters. The second-order valence-electron chi connectivity index (χ2n) is 3.84. The molecule has 0 saturated carbocycles. The molecule has 88 valence electrons. The fraction of sp³-hybridized carbons (Fsp3) is 0.143. The quantitative estimate of drug-likeness (QED) is 0.878. The molecular formula is C14H14FNO. The first-order valence-electron chi connectivity index (χ1n) is 5.42. The van der Waals surface area contributed by atoms with Crippen LogP contribution in [0.3, 0.4) is 0 Å². The minimum Gasteiger partial charge on any atom is -0.454 e. The minimum atomic E-state index is -0.392. The van der Waals surface area contributed by atoms with E-state index in [1.54, 1.807) is 12.1 Å². The first kappa shape index (κ1) is 11.6. The smallest absolute Gasteiger partial charge is 0.166 e. The average molecular weight is 231 g/mol. The summed E-state index contributed by atoms with van der Waals surface area (Å²) in [5.74, 6) is 0.486. The lowest BCUT2D eigenvalue weighted by Gasteiger charge is -2.09. The van der Waals surface area contributed by atoms with E-state index in [-0.39, 0.29) is 5.75 Å². The molecular weight excluding hydrogens is 217 g/mol. The summed E-state index contributed by atoms with van der Waals surface area (Å²) in [4.78, 5) is 0. The highest BCUT2D eigenvalue weighted by Gasteiger charge is 2.06. The Morgan fingerprint density at radius 3 is 2.53 bits per heavy atom. The van der Waals surface area contributed by atoms with Crippen molar-refractivity contribution in [1.29, 1.82) is 0 Å². The third-order valence-corrected chi connectivity index (χ3v) is 2.55. The van der Waals surface area contributed by atoms with Gasteiger partial charge in [-0.05, 0) is 36.2 Å². The third kappa shape index (κ3) is 2.63. The van der Waals surface area contributed by atoms with E-state index in [0.29, 0.717) is 12.3 Å². The van der Waals surface area contributed by atoms with Gasteiger partial charge >= 0.3 is 0 Å². The van der Waals surface area contributed by atoms with Crippen LogP contribution in [-0.4, -0.2) is 0 Å². The van der Waals surface area contributed by atoms with Crippen LogP contribution in [0.4, 0.5) is 4.39 Å². The molecule has 2 aromatic carbocycles. The predicted octanol–water partition coefficient (Wildman–Crippen LogP) is 3.39. The van der Waals surface area contributed by atoms with Crippen molar-refractivity contribution in [1.82, 2.24) is 0 Å². The van der Waals surface area contributed by atoms with E-state index >= 15 is 0 Å². The van der Waals surface area contributed by atoms with Gasteiger partial charge in [0.2, 0.25) is 0 Å². The van der Waals surface area contributed by atoms with E-state index < -0.39 is 5.82 Å². The molecule has 0 aliphatic carbocycles. The fourth-order valence-corrected chi connectivity index (χ4v) is 1.54. The monoisotopic (exact) mass is 231 g/mol. The number of nitrogens with two attached hydrogens (primary N) is 1. The Morgan fingerprint density at radius 1 is 1.12 bits per heavy atom. The van der Waals surface area contributed by atoms with E-state index in [1.807, 2.05) is 31.2 Å². The second-order valence-corrected chi connectivity index (χ2v) is 3.84. The molecule has 0 radical (unpaired) electrons. The minimum absolute atomic E-state index is 0.219. The van der Waals surface area contributed by atoms with Crippen LogP contribution in [0.1, 0.15) is 11.1 Å². The summed E-state index contributed by atoms with van der Waals surface area (Å²) in [6.07, 6.45) is 0. The van der Waals surface area contributed by atoms with Gasteiger partial charge in [-0.3, -0.25) is 0 Å². The van der Waals surface area contributed by atoms with Gasteiger partial charge < -0.3 is 10.5 Å². The molecule has 0 atom stereocenters. The van der Waals surface area contributed by atoms with E-state index in [4.69, 9.17) is 10.5 Å². The van der Waals surface area contributed by atoms with Crippen LogP contribution in [0, 0.1) is 12.7 Å². The van der Waals surface area contributed by atoms with Gasteiger partial charge in [0.1, 0.15) is 5.75 Å². The standard InChI is InChI=1S/C14H14FNO/c1-10-4-2-3-5-13(10)17-14-7-6-11(9-16)8-12(14)15/h2-8H,9,16H2,1H3. The number of rotatable bonds is 3. The van der Waals surface area contributed by atoms with Crippen molar-refractivity contribution in [3.63, 3.8) is 0 Å². The van der Waals surface area contributed by atoms with E-state index in [1.165, 1.54) is 6.07 Å². The molecule has 0 bridgehead atoms. The molecule has 0 heterocycles. The lowest BCUT2D eigenvalue weighted by Crippen LogP contribution is -1.98. The Bertz CT molecular complexity index is 525. The molecule has 0 aliphatic heterocycles. The van der Waals surface area contributed by atoms with Gasteiger partial charge in [0.15, 0.2) is 11.6 Å². The number of benzene rings is 2. The molecule has 0 fully saturated rings. The van der Waals surface area contributed by atoms with Crippen molar-refractivity contribution < 1.29 is 9.13 Å². The SMILES string of the molecule is Cc1ccccc1Oc1ccc(CN)cc1F. The summed E-state index contributed by atoms with van der Waals surface area (Å²) in [6, 6.07) is 12.3. The highest BCUT2D eigenvalue weighted by Crippen LogP contribution is 2.27. The Labute approximate surface area is 99.8 Å². The zero-order valence-corrected chi connectivity index (χ0v) is 9.61. The number of para-hydroxylation sites is 1. The van der Waals surface area contributed by atoms with Gasteiger partial charge in [0.25, 0.3) is 0 Å². The van der Waals surface area contributed by atoms with E-state index in [9.17, 15) is 4.39 Å². The lowest BCUT2D eigenvalue weighted by atomic mass is 10.2. The molecule has 17 heavy (non-hydrogen) atoms. The Balaban J connectivity index is 2.28. The van der Waals surface area contributed by atoms with Gasteiger partial charge in [-0.25, -0.2) is 4.39 Å². The number of aryl methyl sites for hydroxylation is 1. The first-order chi connectivity index (χ1) is 8.20. The Hall–Kier alpha value is -1.87. The number of halogens is 1. The van der Waals surface area contributed by atoms with Crippen molar-refractivity contribution in [3.8, 4) is 11.5 Å². The lowest BCUT2D eigenvalue weighted by molar-refractivity contribution is 0.439. The molecule has 2 nitrogen and oxygen atoms in total. The number of hydrogen-bond donors (Lipinski definition) is 1. The molecule has 0 amide bonds. The fourth-order valence-electron chi connectivity index (χ4n) is 1.54. The normalized spacial score (nSPS) is 10.3. The Kier molecular flexibility index (Phi) is 3.40. The highest BCUT2D eigenvalue weighted by atomic mass is 19.1. The summed E-state index contributed by atoms with van der Waals surface area (Å²) >= 11 is 0. The largest absolute Gasteiger partial charge is 0.454 e.